The first-order chi connectivity index (χ1) is 13.9. The minimum Gasteiger partial charge on any atom is -0.381 e. The van der Waals surface area contributed by atoms with E-state index in [0.717, 1.165) is 25.1 Å². The highest BCUT2D eigenvalue weighted by atomic mass is 32.2. The van der Waals surface area contributed by atoms with Gasteiger partial charge in [-0.25, -0.2) is 28.1 Å². The molecule has 1 aliphatic heterocycles. The summed E-state index contributed by atoms with van der Waals surface area (Å²) in [7, 11) is -3.63. The molecule has 0 saturated carbocycles. The molecule has 0 bridgehead atoms. The van der Waals surface area contributed by atoms with Crippen LogP contribution in [0.5, 0.6) is 0 Å². The van der Waals surface area contributed by atoms with Crippen molar-refractivity contribution >= 4 is 15.8 Å². The summed E-state index contributed by atoms with van der Waals surface area (Å²) in [6.07, 6.45) is 5.33. The maximum atomic E-state index is 12.8. The zero-order chi connectivity index (χ0) is 20.4. The predicted octanol–water partition coefficient (Wildman–Crippen LogP) is 0.503. The van der Waals surface area contributed by atoms with E-state index >= 15 is 0 Å². The molecule has 0 radical (unpaired) electrons. The quantitative estimate of drug-likeness (QED) is 0.530. The molecule has 152 valence electrons. The van der Waals surface area contributed by atoms with Crippen LogP contribution < -0.4 is 15.8 Å². The van der Waals surface area contributed by atoms with Gasteiger partial charge in [0.15, 0.2) is 11.6 Å². The molecule has 2 aromatic heterocycles. The number of nitrogens with two attached hydrogens (primary N) is 1. The highest BCUT2D eigenvalue weighted by molar-refractivity contribution is 7.89. The molecule has 3 heterocycles. The fraction of sp³-hybridized carbons (Fsp3) is 0.333. The molecule has 1 saturated heterocycles. The second-order valence-electron chi connectivity index (χ2n) is 6.99. The third-order valence-corrected chi connectivity index (χ3v) is 6.36. The molecule has 4 N–H and O–H groups in total. The van der Waals surface area contributed by atoms with Crippen molar-refractivity contribution in [3.8, 4) is 17.1 Å². The Bertz CT molecular complexity index is 1110. The highest BCUT2D eigenvalue weighted by Crippen LogP contribution is 2.26. The van der Waals surface area contributed by atoms with Crippen molar-refractivity contribution in [2.24, 2.45) is 5.92 Å². The van der Waals surface area contributed by atoms with E-state index in [1.807, 2.05) is 6.92 Å². The van der Waals surface area contributed by atoms with Gasteiger partial charge in [0.2, 0.25) is 10.0 Å². The molecule has 1 atom stereocenters. The van der Waals surface area contributed by atoms with Crippen LogP contribution in [0.4, 0.5) is 5.82 Å². The zero-order valence-electron chi connectivity index (χ0n) is 15.9. The van der Waals surface area contributed by atoms with Crippen LogP contribution in [0.1, 0.15) is 12.0 Å². The van der Waals surface area contributed by atoms with E-state index in [2.05, 4.69) is 30.1 Å². The predicted molar refractivity (Wildman–Crippen MR) is 108 cm³/mol. The molecule has 0 spiro atoms. The Hall–Kier alpha value is -2.89. The Labute approximate surface area is 168 Å². The lowest BCUT2D eigenvalue weighted by Gasteiger charge is -2.13. The molecular formula is C18H22N8O2S. The average Bonchev–Trinajstić information content (AvgIpc) is 3.41. The summed E-state index contributed by atoms with van der Waals surface area (Å²) in [4.78, 5) is 12.8. The molecule has 0 unspecified atom stereocenters. The number of nitrogen functional groups attached to an aromatic ring is 1. The largest absolute Gasteiger partial charge is 0.381 e. The number of anilines is 1. The minimum atomic E-state index is -3.63. The Morgan fingerprint density at radius 3 is 2.97 bits per heavy atom. The Morgan fingerprint density at radius 1 is 1.38 bits per heavy atom. The number of aromatic nitrogens is 5. The van der Waals surface area contributed by atoms with E-state index in [-0.39, 0.29) is 10.7 Å². The van der Waals surface area contributed by atoms with Gasteiger partial charge in [0, 0.05) is 12.1 Å². The van der Waals surface area contributed by atoms with Gasteiger partial charge in [0.25, 0.3) is 0 Å². The number of benzene rings is 1. The molecule has 11 heteroatoms. The first-order valence-electron chi connectivity index (χ1n) is 9.23. The summed E-state index contributed by atoms with van der Waals surface area (Å²) < 4.78 is 29.7. The summed E-state index contributed by atoms with van der Waals surface area (Å²) in [5.74, 6) is 0.843. The van der Waals surface area contributed by atoms with Crippen LogP contribution in [0, 0.1) is 12.8 Å². The van der Waals surface area contributed by atoms with Crippen LogP contribution in [0.2, 0.25) is 0 Å². The van der Waals surface area contributed by atoms with Crippen LogP contribution in [0.3, 0.4) is 0 Å². The number of aryl methyl sites for hydroxylation is 1. The van der Waals surface area contributed by atoms with Gasteiger partial charge in [-0.3, -0.25) is 0 Å². The fourth-order valence-corrected chi connectivity index (χ4v) is 4.39. The zero-order valence-corrected chi connectivity index (χ0v) is 16.7. The van der Waals surface area contributed by atoms with Gasteiger partial charge in [-0.15, -0.1) is 0 Å². The average molecular weight is 414 g/mol. The Morgan fingerprint density at radius 2 is 2.24 bits per heavy atom. The van der Waals surface area contributed by atoms with Crippen LogP contribution in [-0.2, 0) is 10.0 Å². The smallest absolute Gasteiger partial charge is 0.240 e. The number of rotatable bonds is 6. The first-order valence-corrected chi connectivity index (χ1v) is 10.7. The van der Waals surface area contributed by atoms with Crippen molar-refractivity contribution in [3.05, 3.63) is 42.6 Å². The van der Waals surface area contributed by atoms with Gasteiger partial charge < -0.3 is 11.1 Å². The van der Waals surface area contributed by atoms with E-state index in [1.165, 1.54) is 23.5 Å². The molecule has 0 amide bonds. The van der Waals surface area contributed by atoms with Crippen molar-refractivity contribution in [2.45, 2.75) is 18.2 Å². The van der Waals surface area contributed by atoms with Crippen LogP contribution in [0.25, 0.3) is 17.1 Å². The van der Waals surface area contributed by atoms with Crippen molar-refractivity contribution in [3.63, 3.8) is 0 Å². The monoisotopic (exact) mass is 414 g/mol. The molecule has 4 rings (SSSR count). The van der Waals surface area contributed by atoms with Crippen LogP contribution >= 0.6 is 0 Å². The third kappa shape index (κ3) is 4.11. The first kappa shape index (κ1) is 19.4. The number of nitrogens with zero attached hydrogens (tertiary/aromatic N) is 5. The van der Waals surface area contributed by atoms with Gasteiger partial charge in [-0.1, -0.05) is 6.07 Å². The minimum absolute atomic E-state index is 0.185. The normalized spacial score (nSPS) is 16.9. The molecule has 1 fully saturated rings. The standard InChI is InChI=1S/C18H22N8O2S/c1-12-2-3-14(29(27,28)24-8-13-4-5-20-7-13)6-15(12)16-9-22-17(19)18(25-16)26-11-21-10-23-26/h2-3,6,9-11,13,20,24H,4-5,7-8H2,1H3,(H2,19,22)/t13-/m1/s1. The summed E-state index contributed by atoms with van der Waals surface area (Å²) in [6.45, 7) is 4.05. The number of sulfonamides is 1. The summed E-state index contributed by atoms with van der Waals surface area (Å²) >= 11 is 0. The van der Waals surface area contributed by atoms with Crippen LogP contribution in [-0.4, -0.2) is 52.8 Å². The summed E-state index contributed by atoms with van der Waals surface area (Å²) in [5.41, 5.74) is 7.95. The molecule has 1 aromatic carbocycles. The van der Waals surface area contributed by atoms with Gasteiger partial charge in [0.1, 0.15) is 12.7 Å². The fourth-order valence-electron chi connectivity index (χ4n) is 3.25. The lowest BCUT2D eigenvalue weighted by atomic mass is 10.1. The number of hydrogen-bond acceptors (Lipinski definition) is 8. The van der Waals surface area contributed by atoms with Gasteiger partial charge in [0.05, 0.1) is 16.8 Å². The second kappa shape index (κ2) is 7.85. The topological polar surface area (TPSA) is 141 Å². The van der Waals surface area contributed by atoms with E-state index in [1.54, 1.807) is 18.2 Å². The number of hydrogen-bond donors (Lipinski definition) is 3. The third-order valence-electron chi connectivity index (χ3n) is 4.94. The lowest BCUT2D eigenvalue weighted by molar-refractivity contribution is 0.539. The van der Waals surface area contributed by atoms with E-state index in [9.17, 15) is 8.42 Å². The van der Waals surface area contributed by atoms with Gasteiger partial charge >= 0.3 is 0 Å². The summed E-state index contributed by atoms with van der Waals surface area (Å²) in [6, 6.07) is 4.96. The van der Waals surface area contributed by atoms with Crippen molar-refractivity contribution in [1.29, 1.82) is 0 Å². The van der Waals surface area contributed by atoms with Crippen molar-refractivity contribution in [1.82, 2.24) is 34.8 Å². The Balaban J connectivity index is 1.66. The second-order valence-corrected chi connectivity index (χ2v) is 8.76. The van der Waals surface area contributed by atoms with E-state index in [0.29, 0.717) is 29.5 Å². The molecular weight excluding hydrogens is 392 g/mol. The molecule has 29 heavy (non-hydrogen) atoms. The molecule has 0 aliphatic carbocycles. The van der Waals surface area contributed by atoms with Gasteiger partial charge in [-0.05, 0) is 50.0 Å². The lowest BCUT2D eigenvalue weighted by Crippen LogP contribution is -2.30. The maximum absolute atomic E-state index is 12.8. The number of nitrogens with one attached hydrogen (secondary N) is 2. The maximum Gasteiger partial charge on any atom is 0.240 e. The van der Waals surface area contributed by atoms with E-state index in [4.69, 9.17) is 5.73 Å². The summed E-state index contributed by atoms with van der Waals surface area (Å²) in [5, 5.41) is 7.27. The SMILES string of the molecule is Cc1ccc(S(=O)(=O)NC[C@@H]2CCNC2)cc1-c1cnc(N)c(-n2cncn2)n1. The molecule has 1 aliphatic rings. The Kier molecular flexibility index (Phi) is 5.26. The van der Waals surface area contributed by atoms with Gasteiger partial charge in [-0.2, -0.15) is 9.78 Å². The van der Waals surface area contributed by atoms with Crippen LogP contribution in [0.15, 0.2) is 41.9 Å². The molecule has 10 nitrogen and oxygen atoms in total. The highest BCUT2D eigenvalue weighted by Gasteiger charge is 2.21. The van der Waals surface area contributed by atoms with Crippen molar-refractivity contribution < 1.29 is 8.42 Å². The molecule has 3 aromatic rings. The van der Waals surface area contributed by atoms with Crippen molar-refractivity contribution in [2.75, 3.05) is 25.4 Å². The van der Waals surface area contributed by atoms with E-state index < -0.39 is 10.0 Å².